The molecule has 6 heteroatoms. The molecule has 1 fully saturated rings. The molecule has 1 aliphatic rings. The number of carbonyl (C=O) groups excluding carboxylic acids is 1. The van der Waals surface area contributed by atoms with Crippen LogP contribution in [-0.2, 0) is 16.0 Å². The maximum Gasteiger partial charge on any atom is 0.228 e. The minimum Gasteiger partial charge on any atom is -0.491 e. The van der Waals surface area contributed by atoms with Crippen molar-refractivity contribution in [2.45, 2.75) is 12.5 Å². The zero-order valence-corrected chi connectivity index (χ0v) is 12.7. The first-order valence-corrected chi connectivity index (χ1v) is 7.87. The van der Waals surface area contributed by atoms with Crippen molar-refractivity contribution >= 4 is 34.5 Å². The van der Waals surface area contributed by atoms with Crippen LogP contribution < -0.4 is 10.1 Å². The molecule has 2 aromatic rings. The van der Waals surface area contributed by atoms with E-state index in [1.54, 1.807) is 29.5 Å². The molecule has 1 amide bonds. The van der Waals surface area contributed by atoms with Gasteiger partial charge in [-0.2, -0.15) is 11.3 Å². The van der Waals surface area contributed by atoms with Crippen LogP contribution in [0.2, 0.25) is 5.02 Å². The summed E-state index contributed by atoms with van der Waals surface area (Å²) in [5, 5.41) is 7.17. The Bertz CT molecular complexity index is 626. The zero-order chi connectivity index (χ0) is 14.7. The van der Waals surface area contributed by atoms with E-state index in [1.807, 2.05) is 16.8 Å². The number of anilines is 1. The number of hydrogen-bond acceptors (Lipinski definition) is 4. The molecule has 110 valence electrons. The van der Waals surface area contributed by atoms with E-state index >= 15 is 0 Å². The third kappa shape index (κ3) is 4.20. The number of amides is 1. The van der Waals surface area contributed by atoms with Crippen molar-refractivity contribution in [3.8, 4) is 5.75 Å². The van der Waals surface area contributed by atoms with Crippen LogP contribution in [0.4, 0.5) is 5.69 Å². The fourth-order valence-electron chi connectivity index (χ4n) is 1.81. The van der Waals surface area contributed by atoms with E-state index in [4.69, 9.17) is 21.1 Å². The normalized spacial score (nSPS) is 16.5. The first kappa shape index (κ1) is 14.4. The first-order valence-electron chi connectivity index (χ1n) is 6.55. The number of nitrogens with one attached hydrogen (secondary N) is 1. The standard InChI is InChI=1S/C15H14ClNO3S/c16-13-6-11(19-7-12-8-20-12)1-2-14(13)17-15(18)5-10-3-4-21-9-10/h1-4,6,9,12H,5,7-8H2,(H,17,18). The summed E-state index contributed by atoms with van der Waals surface area (Å²) in [7, 11) is 0. The highest BCUT2D eigenvalue weighted by Crippen LogP contribution is 2.27. The van der Waals surface area contributed by atoms with Gasteiger partial charge < -0.3 is 14.8 Å². The van der Waals surface area contributed by atoms with Gasteiger partial charge in [-0.1, -0.05) is 11.6 Å². The Balaban J connectivity index is 1.58. The summed E-state index contributed by atoms with van der Waals surface area (Å²) in [5.74, 6) is 0.585. The van der Waals surface area contributed by atoms with Crippen molar-refractivity contribution in [3.05, 3.63) is 45.6 Å². The lowest BCUT2D eigenvalue weighted by atomic mass is 10.2. The minimum atomic E-state index is -0.0876. The van der Waals surface area contributed by atoms with Gasteiger partial charge in [-0.3, -0.25) is 4.79 Å². The molecule has 2 heterocycles. The van der Waals surface area contributed by atoms with E-state index in [9.17, 15) is 4.79 Å². The van der Waals surface area contributed by atoms with Crippen molar-refractivity contribution in [3.63, 3.8) is 0 Å². The lowest BCUT2D eigenvalue weighted by Gasteiger charge is -2.09. The summed E-state index contributed by atoms with van der Waals surface area (Å²) in [6, 6.07) is 7.16. The number of epoxide rings is 1. The van der Waals surface area contributed by atoms with Gasteiger partial charge in [0.25, 0.3) is 0 Å². The van der Waals surface area contributed by atoms with Gasteiger partial charge in [0.05, 0.1) is 23.7 Å². The predicted molar refractivity (Wildman–Crippen MR) is 83.3 cm³/mol. The third-order valence-corrected chi connectivity index (χ3v) is 4.04. The largest absolute Gasteiger partial charge is 0.491 e. The summed E-state index contributed by atoms with van der Waals surface area (Å²) in [6.07, 6.45) is 0.547. The fourth-order valence-corrected chi connectivity index (χ4v) is 2.70. The number of halogens is 1. The van der Waals surface area contributed by atoms with Crippen molar-refractivity contribution in [2.75, 3.05) is 18.5 Å². The van der Waals surface area contributed by atoms with Crippen LogP contribution in [0.25, 0.3) is 0 Å². The second kappa shape index (κ2) is 6.47. The van der Waals surface area contributed by atoms with Crippen LogP contribution in [-0.4, -0.2) is 25.2 Å². The van der Waals surface area contributed by atoms with Crippen molar-refractivity contribution < 1.29 is 14.3 Å². The van der Waals surface area contributed by atoms with E-state index in [-0.39, 0.29) is 12.0 Å². The molecule has 4 nitrogen and oxygen atoms in total. The molecule has 0 spiro atoms. The Labute approximate surface area is 131 Å². The van der Waals surface area contributed by atoms with Crippen LogP contribution in [0, 0.1) is 0 Å². The lowest BCUT2D eigenvalue weighted by Crippen LogP contribution is -2.14. The molecular formula is C15H14ClNO3S. The smallest absolute Gasteiger partial charge is 0.228 e. The highest BCUT2D eigenvalue weighted by molar-refractivity contribution is 7.08. The molecule has 1 aliphatic heterocycles. The number of thiophene rings is 1. The van der Waals surface area contributed by atoms with E-state index in [0.29, 0.717) is 29.5 Å². The van der Waals surface area contributed by atoms with E-state index < -0.39 is 0 Å². The number of benzene rings is 1. The van der Waals surface area contributed by atoms with Gasteiger partial charge in [-0.25, -0.2) is 0 Å². The van der Waals surface area contributed by atoms with Gasteiger partial charge in [-0.15, -0.1) is 0 Å². The molecule has 0 bridgehead atoms. The Hall–Kier alpha value is -1.56. The molecule has 0 saturated carbocycles. The molecule has 1 atom stereocenters. The highest BCUT2D eigenvalue weighted by atomic mass is 35.5. The summed E-state index contributed by atoms with van der Waals surface area (Å²) >= 11 is 7.74. The van der Waals surface area contributed by atoms with Crippen LogP contribution in [0.15, 0.2) is 35.0 Å². The maximum absolute atomic E-state index is 11.9. The topological polar surface area (TPSA) is 50.9 Å². The second-order valence-corrected chi connectivity index (χ2v) is 5.95. The molecule has 0 aliphatic carbocycles. The van der Waals surface area contributed by atoms with Gasteiger partial charge in [-0.05, 0) is 34.5 Å². The van der Waals surface area contributed by atoms with Crippen LogP contribution >= 0.6 is 22.9 Å². The molecule has 1 saturated heterocycles. The van der Waals surface area contributed by atoms with Gasteiger partial charge in [0.15, 0.2) is 0 Å². The van der Waals surface area contributed by atoms with Crippen LogP contribution in [0.3, 0.4) is 0 Å². The highest BCUT2D eigenvalue weighted by Gasteiger charge is 2.23. The average Bonchev–Trinajstić information content (AvgIpc) is 3.16. The third-order valence-electron chi connectivity index (χ3n) is 3.00. The molecule has 1 aromatic heterocycles. The van der Waals surface area contributed by atoms with Crippen LogP contribution in [0.1, 0.15) is 5.56 Å². The maximum atomic E-state index is 11.9. The van der Waals surface area contributed by atoms with E-state index in [2.05, 4.69) is 5.32 Å². The Morgan fingerprint density at radius 3 is 3.00 bits per heavy atom. The van der Waals surface area contributed by atoms with Gasteiger partial charge in [0, 0.05) is 6.07 Å². The molecule has 0 radical (unpaired) electrons. The number of carbonyl (C=O) groups is 1. The Kier molecular flexibility index (Phi) is 4.43. The number of rotatable bonds is 6. The first-order chi connectivity index (χ1) is 10.2. The molecule has 3 rings (SSSR count). The lowest BCUT2D eigenvalue weighted by molar-refractivity contribution is -0.115. The fraction of sp³-hybridized carbons (Fsp3) is 0.267. The molecule has 1 unspecified atom stereocenters. The number of hydrogen-bond donors (Lipinski definition) is 1. The average molecular weight is 324 g/mol. The van der Waals surface area contributed by atoms with Crippen molar-refractivity contribution in [2.24, 2.45) is 0 Å². The Morgan fingerprint density at radius 1 is 1.48 bits per heavy atom. The number of ether oxygens (including phenoxy) is 2. The summed E-state index contributed by atoms with van der Waals surface area (Å²) in [5.41, 5.74) is 1.59. The van der Waals surface area contributed by atoms with Gasteiger partial charge in [0.2, 0.25) is 5.91 Å². The van der Waals surface area contributed by atoms with Gasteiger partial charge >= 0.3 is 0 Å². The zero-order valence-electron chi connectivity index (χ0n) is 11.2. The monoisotopic (exact) mass is 323 g/mol. The van der Waals surface area contributed by atoms with Crippen LogP contribution in [0.5, 0.6) is 5.75 Å². The van der Waals surface area contributed by atoms with Gasteiger partial charge in [0.1, 0.15) is 18.5 Å². The van der Waals surface area contributed by atoms with E-state index in [1.165, 1.54) is 0 Å². The van der Waals surface area contributed by atoms with Crippen molar-refractivity contribution in [1.82, 2.24) is 0 Å². The molecular weight excluding hydrogens is 310 g/mol. The Morgan fingerprint density at radius 2 is 2.33 bits per heavy atom. The SMILES string of the molecule is O=C(Cc1ccsc1)Nc1ccc(OCC2CO2)cc1Cl. The van der Waals surface area contributed by atoms with E-state index in [0.717, 1.165) is 12.2 Å². The van der Waals surface area contributed by atoms with Crippen molar-refractivity contribution in [1.29, 1.82) is 0 Å². The summed E-state index contributed by atoms with van der Waals surface area (Å²) < 4.78 is 10.6. The minimum absolute atomic E-state index is 0.0876. The molecule has 1 N–H and O–H groups in total. The predicted octanol–water partition coefficient (Wildman–Crippen LogP) is 3.36. The summed E-state index contributed by atoms with van der Waals surface area (Å²) in [6.45, 7) is 1.28. The summed E-state index contributed by atoms with van der Waals surface area (Å²) in [4.78, 5) is 11.9. The molecule has 21 heavy (non-hydrogen) atoms. The second-order valence-electron chi connectivity index (χ2n) is 4.76. The quantitative estimate of drug-likeness (QED) is 0.829. The molecule has 1 aromatic carbocycles.